The van der Waals surface area contributed by atoms with Crippen molar-refractivity contribution in [2.24, 2.45) is 0 Å². The summed E-state index contributed by atoms with van der Waals surface area (Å²) < 4.78 is 0. The second-order valence-corrected chi connectivity index (χ2v) is 5.49. The van der Waals surface area contributed by atoms with Gasteiger partial charge in [0.05, 0.1) is 0 Å². The van der Waals surface area contributed by atoms with Gasteiger partial charge in [-0.2, -0.15) is 0 Å². The third-order valence-electron chi connectivity index (χ3n) is 4.19. The third kappa shape index (κ3) is 2.71. The Morgan fingerprint density at radius 3 is 2.62 bits per heavy atom. The van der Waals surface area contributed by atoms with Crippen LogP contribution in [0.1, 0.15) is 16.8 Å². The summed E-state index contributed by atoms with van der Waals surface area (Å²) in [6.45, 7) is 3.15. The number of urea groups is 1. The van der Waals surface area contributed by atoms with E-state index in [2.05, 4.69) is 10.6 Å². The van der Waals surface area contributed by atoms with Crippen LogP contribution in [0.25, 0.3) is 0 Å². The standard InChI is InChI=1S/C15H20N4O2/c1-18(13-6-7-16-10-13)14(20)11-2-4-12(5-3-11)19-9-8-17-15(19)21/h2-5,13,16H,6-10H2,1H3,(H,17,21). The molecular weight excluding hydrogens is 268 g/mol. The average molecular weight is 288 g/mol. The van der Waals surface area contributed by atoms with E-state index in [4.69, 9.17) is 0 Å². The van der Waals surface area contributed by atoms with E-state index >= 15 is 0 Å². The maximum atomic E-state index is 12.4. The van der Waals surface area contributed by atoms with Crippen LogP contribution in [0.4, 0.5) is 10.5 Å². The van der Waals surface area contributed by atoms with Crippen molar-refractivity contribution in [2.75, 3.05) is 38.1 Å². The number of benzene rings is 1. The van der Waals surface area contributed by atoms with Gasteiger partial charge in [0.2, 0.25) is 0 Å². The maximum absolute atomic E-state index is 12.4. The van der Waals surface area contributed by atoms with E-state index in [1.54, 1.807) is 21.9 Å². The number of carbonyl (C=O) groups is 2. The second kappa shape index (κ2) is 5.73. The molecule has 0 saturated carbocycles. The molecule has 2 fully saturated rings. The SMILES string of the molecule is CN(C(=O)c1ccc(N2CCNC2=O)cc1)C1CCNC1. The molecule has 0 aliphatic carbocycles. The number of rotatable bonds is 3. The monoisotopic (exact) mass is 288 g/mol. The van der Waals surface area contributed by atoms with E-state index in [1.165, 1.54) is 0 Å². The number of nitrogens with zero attached hydrogens (tertiary/aromatic N) is 2. The summed E-state index contributed by atoms with van der Waals surface area (Å²) in [5, 5.41) is 6.03. The molecule has 2 N–H and O–H groups in total. The first kappa shape index (κ1) is 13.9. The molecule has 1 aromatic rings. The highest BCUT2D eigenvalue weighted by atomic mass is 16.2. The van der Waals surface area contributed by atoms with E-state index < -0.39 is 0 Å². The van der Waals surface area contributed by atoms with Crippen molar-refractivity contribution in [2.45, 2.75) is 12.5 Å². The number of nitrogens with one attached hydrogen (secondary N) is 2. The zero-order valence-corrected chi connectivity index (χ0v) is 12.1. The Hall–Kier alpha value is -2.08. The van der Waals surface area contributed by atoms with Crippen LogP contribution < -0.4 is 15.5 Å². The van der Waals surface area contributed by atoms with Gasteiger partial charge in [0.15, 0.2) is 0 Å². The Labute approximate surface area is 124 Å². The number of hydrogen-bond acceptors (Lipinski definition) is 3. The topological polar surface area (TPSA) is 64.7 Å². The van der Waals surface area contributed by atoms with Gasteiger partial charge in [-0.1, -0.05) is 0 Å². The molecule has 0 radical (unpaired) electrons. The fraction of sp³-hybridized carbons (Fsp3) is 0.467. The van der Waals surface area contributed by atoms with Crippen molar-refractivity contribution in [3.63, 3.8) is 0 Å². The lowest BCUT2D eigenvalue weighted by molar-refractivity contribution is 0.0744. The molecule has 1 atom stereocenters. The number of anilines is 1. The summed E-state index contributed by atoms with van der Waals surface area (Å²) in [6, 6.07) is 7.44. The van der Waals surface area contributed by atoms with E-state index in [-0.39, 0.29) is 18.0 Å². The van der Waals surface area contributed by atoms with Crippen molar-refractivity contribution in [3.05, 3.63) is 29.8 Å². The highest BCUT2D eigenvalue weighted by Gasteiger charge is 2.25. The first-order chi connectivity index (χ1) is 10.2. The minimum absolute atomic E-state index is 0.0288. The van der Waals surface area contributed by atoms with Gasteiger partial charge < -0.3 is 15.5 Å². The number of carbonyl (C=O) groups excluding carboxylic acids is 2. The van der Waals surface area contributed by atoms with Crippen LogP contribution in [0.2, 0.25) is 0 Å². The predicted octanol–water partition coefficient (Wildman–Crippen LogP) is 0.650. The van der Waals surface area contributed by atoms with Crippen LogP contribution in [-0.2, 0) is 0 Å². The molecule has 1 unspecified atom stereocenters. The van der Waals surface area contributed by atoms with E-state index in [9.17, 15) is 9.59 Å². The van der Waals surface area contributed by atoms with Crippen molar-refractivity contribution in [3.8, 4) is 0 Å². The van der Waals surface area contributed by atoms with E-state index in [0.29, 0.717) is 18.7 Å². The quantitative estimate of drug-likeness (QED) is 0.858. The molecule has 112 valence electrons. The van der Waals surface area contributed by atoms with Crippen molar-refractivity contribution < 1.29 is 9.59 Å². The fourth-order valence-corrected chi connectivity index (χ4v) is 2.84. The van der Waals surface area contributed by atoms with Crippen molar-refractivity contribution in [1.82, 2.24) is 15.5 Å². The minimum Gasteiger partial charge on any atom is -0.337 e. The van der Waals surface area contributed by atoms with Crippen LogP contribution >= 0.6 is 0 Å². The third-order valence-corrected chi connectivity index (χ3v) is 4.19. The summed E-state index contributed by atoms with van der Waals surface area (Å²) in [5.74, 6) is 0.0288. The van der Waals surface area contributed by atoms with Crippen LogP contribution in [-0.4, -0.2) is 56.1 Å². The summed E-state index contributed by atoms with van der Waals surface area (Å²) in [7, 11) is 1.85. The predicted molar refractivity (Wildman–Crippen MR) is 80.6 cm³/mol. The molecule has 3 amide bonds. The first-order valence-corrected chi connectivity index (χ1v) is 7.30. The van der Waals surface area contributed by atoms with Gasteiger partial charge in [-0.15, -0.1) is 0 Å². The maximum Gasteiger partial charge on any atom is 0.321 e. The molecular formula is C15H20N4O2. The molecule has 2 saturated heterocycles. The smallest absolute Gasteiger partial charge is 0.321 e. The molecule has 2 aliphatic heterocycles. The van der Waals surface area contributed by atoms with Crippen LogP contribution in [0, 0.1) is 0 Å². The Morgan fingerprint density at radius 2 is 2.05 bits per heavy atom. The largest absolute Gasteiger partial charge is 0.337 e. The zero-order valence-electron chi connectivity index (χ0n) is 12.1. The lowest BCUT2D eigenvalue weighted by Crippen LogP contribution is -2.38. The van der Waals surface area contributed by atoms with Gasteiger partial charge >= 0.3 is 6.03 Å². The Balaban J connectivity index is 1.71. The zero-order chi connectivity index (χ0) is 14.8. The van der Waals surface area contributed by atoms with Gasteiger partial charge in [0.1, 0.15) is 0 Å². The highest BCUT2D eigenvalue weighted by molar-refractivity contribution is 5.97. The van der Waals surface area contributed by atoms with Gasteiger partial charge in [-0.3, -0.25) is 9.69 Å². The number of hydrogen-bond donors (Lipinski definition) is 2. The molecule has 6 heteroatoms. The normalized spacial score (nSPS) is 21.5. The molecule has 21 heavy (non-hydrogen) atoms. The van der Waals surface area contributed by atoms with Crippen LogP contribution in [0.3, 0.4) is 0 Å². The Kier molecular flexibility index (Phi) is 3.79. The van der Waals surface area contributed by atoms with Gasteiger partial charge in [0, 0.05) is 44.0 Å². The first-order valence-electron chi connectivity index (χ1n) is 7.30. The summed E-state index contributed by atoms with van der Waals surface area (Å²) in [4.78, 5) is 27.5. The average Bonchev–Trinajstić information content (AvgIpc) is 3.17. The van der Waals surface area contributed by atoms with Gasteiger partial charge in [-0.25, -0.2) is 4.79 Å². The van der Waals surface area contributed by atoms with E-state index in [1.807, 2.05) is 19.2 Å². The number of amides is 3. The summed E-state index contributed by atoms with van der Waals surface area (Å²) in [6.07, 6.45) is 0.994. The lowest BCUT2D eigenvalue weighted by Gasteiger charge is -2.24. The molecule has 2 aliphatic rings. The fourth-order valence-electron chi connectivity index (χ4n) is 2.84. The minimum atomic E-state index is -0.0803. The van der Waals surface area contributed by atoms with Gasteiger partial charge in [-0.05, 0) is 37.2 Å². The molecule has 2 heterocycles. The van der Waals surface area contributed by atoms with Crippen molar-refractivity contribution in [1.29, 1.82) is 0 Å². The molecule has 0 bridgehead atoms. The Morgan fingerprint density at radius 1 is 1.29 bits per heavy atom. The molecule has 0 spiro atoms. The lowest BCUT2D eigenvalue weighted by atomic mass is 10.1. The molecule has 0 aromatic heterocycles. The van der Waals surface area contributed by atoms with Crippen LogP contribution in [0.15, 0.2) is 24.3 Å². The van der Waals surface area contributed by atoms with E-state index in [0.717, 1.165) is 25.2 Å². The Bertz CT molecular complexity index is 537. The summed E-state index contributed by atoms with van der Waals surface area (Å²) >= 11 is 0. The van der Waals surface area contributed by atoms with Crippen molar-refractivity contribution >= 4 is 17.6 Å². The second-order valence-electron chi connectivity index (χ2n) is 5.49. The molecule has 1 aromatic carbocycles. The molecule has 6 nitrogen and oxygen atoms in total. The molecule has 3 rings (SSSR count). The number of likely N-dealkylation sites (N-methyl/N-ethyl adjacent to an activating group) is 1. The van der Waals surface area contributed by atoms with Gasteiger partial charge in [0.25, 0.3) is 5.91 Å². The highest BCUT2D eigenvalue weighted by Crippen LogP contribution is 2.19. The van der Waals surface area contributed by atoms with Crippen LogP contribution in [0.5, 0.6) is 0 Å². The summed E-state index contributed by atoms with van der Waals surface area (Å²) in [5.41, 5.74) is 1.49.